The molecule has 8 rings (SSSR count). The maximum atomic E-state index is 4.65. The molecule has 0 aliphatic carbocycles. The number of fused-ring (bicyclic) bond motifs is 6. The summed E-state index contributed by atoms with van der Waals surface area (Å²) in [7, 11) is 0. The average molecular weight is 483 g/mol. The van der Waals surface area contributed by atoms with Crippen molar-refractivity contribution in [2.45, 2.75) is 0 Å². The number of nitrogens with zero attached hydrogens (tertiary/aromatic N) is 2. The summed E-state index contributed by atoms with van der Waals surface area (Å²) in [6.07, 6.45) is 3.64. The largest absolute Gasteiger partial charge is 0.237 e. The van der Waals surface area contributed by atoms with Gasteiger partial charge in [-0.25, -0.2) is 9.97 Å². The zero-order chi connectivity index (χ0) is 25.1. The van der Waals surface area contributed by atoms with E-state index in [2.05, 4.69) is 125 Å². The third-order valence-corrected chi connectivity index (χ3v) is 7.73. The second-order valence-electron chi connectivity index (χ2n) is 9.80. The second kappa shape index (κ2) is 8.22. The molecule has 7 aromatic carbocycles. The molecule has 0 bridgehead atoms. The van der Waals surface area contributed by atoms with E-state index < -0.39 is 0 Å². The molecule has 1 heterocycles. The van der Waals surface area contributed by atoms with E-state index in [-0.39, 0.29) is 0 Å². The number of hydrogen-bond acceptors (Lipinski definition) is 2. The Morgan fingerprint density at radius 2 is 0.921 bits per heavy atom. The topological polar surface area (TPSA) is 25.8 Å². The highest BCUT2D eigenvalue weighted by atomic mass is 14.9. The zero-order valence-electron chi connectivity index (χ0n) is 20.6. The highest BCUT2D eigenvalue weighted by Gasteiger charge is 2.19. The van der Waals surface area contributed by atoms with Crippen LogP contribution in [0, 0.1) is 0 Å². The van der Waals surface area contributed by atoms with Gasteiger partial charge in [0.25, 0.3) is 0 Å². The normalized spacial score (nSPS) is 11.7. The van der Waals surface area contributed by atoms with Crippen molar-refractivity contribution in [1.29, 1.82) is 0 Å². The third kappa shape index (κ3) is 3.07. The molecule has 0 radical (unpaired) electrons. The molecule has 0 aliphatic heterocycles. The van der Waals surface area contributed by atoms with Crippen LogP contribution in [0.2, 0.25) is 0 Å². The van der Waals surface area contributed by atoms with E-state index in [4.69, 9.17) is 0 Å². The predicted molar refractivity (Wildman–Crippen MR) is 160 cm³/mol. The quantitative estimate of drug-likeness (QED) is 0.181. The Balaban J connectivity index is 1.52. The summed E-state index contributed by atoms with van der Waals surface area (Å²) in [6, 6.07) is 43.7. The van der Waals surface area contributed by atoms with Crippen molar-refractivity contribution in [1.82, 2.24) is 9.97 Å². The Morgan fingerprint density at radius 3 is 1.61 bits per heavy atom. The summed E-state index contributed by atoms with van der Waals surface area (Å²) in [5.74, 6) is 0.752. The van der Waals surface area contributed by atoms with Gasteiger partial charge in [-0.2, -0.15) is 0 Å². The summed E-state index contributed by atoms with van der Waals surface area (Å²) >= 11 is 0. The Hall–Kier alpha value is -5.08. The van der Waals surface area contributed by atoms with Crippen LogP contribution in [-0.4, -0.2) is 9.97 Å². The van der Waals surface area contributed by atoms with E-state index in [1.165, 1.54) is 54.2 Å². The molecular weight excluding hydrogens is 460 g/mol. The van der Waals surface area contributed by atoms with Crippen molar-refractivity contribution >= 4 is 53.9 Å². The fourth-order valence-corrected chi connectivity index (χ4v) is 6.09. The molecule has 1 aromatic heterocycles. The average Bonchev–Trinajstić information content (AvgIpc) is 2.99. The van der Waals surface area contributed by atoms with Gasteiger partial charge in [-0.15, -0.1) is 0 Å². The Labute approximate surface area is 219 Å². The van der Waals surface area contributed by atoms with E-state index in [1.54, 1.807) is 0 Å². The van der Waals surface area contributed by atoms with E-state index in [1.807, 2.05) is 18.5 Å². The molecule has 0 saturated carbocycles. The Kier molecular flexibility index (Phi) is 4.55. The van der Waals surface area contributed by atoms with Gasteiger partial charge in [0.15, 0.2) is 5.82 Å². The van der Waals surface area contributed by atoms with Crippen molar-refractivity contribution in [3.8, 4) is 22.5 Å². The van der Waals surface area contributed by atoms with Crippen LogP contribution >= 0.6 is 0 Å². The van der Waals surface area contributed by atoms with Crippen molar-refractivity contribution in [3.05, 3.63) is 134 Å². The maximum Gasteiger partial charge on any atom is 0.160 e. The lowest BCUT2D eigenvalue weighted by molar-refractivity contribution is 1.18. The van der Waals surface area contributed by atoms with Gasteiger partial charge < -0.3 is 0 Å². The van der Waals surface area contributed by atoms with Gasteiger partial charge in [0.1, 0.15) is 0 Å². The lowest BCUT2D eigenvalue weighted by atomic mass is 9.85. The van der Waals surface area contributed by atoms with Crippen molar-refractivity contribution in [3.63, 3.8) is 0 Å². The van der Waals surface area contributed by atoms with Crippen LogP contribution in [0.1, 0.15) is 0 Å². The van der Waals surface area contributed by atoms with Crippen LogP contribution in [-0.2, 0) is 0 Å². The van der Waals surface area contributed by atoms with Gasteiger partial charge in [-0.05, 0) is 83.2 Å². The molecule has 0 N–H and O–H groups in total. The molecule has 8 aromatic rings. The van der Waals surface area contributed by atoms with E-state index in [9.17, 15) is 0 Å². The van der Waals surface area contributed by atoms with E-state index in [0.29, 0.717) is 0 Å². The molecule has 2 nitrogen and oxygen atoms in total. The van der Waals surface area contributed by atoms with Crippen LogP contribution in [0.15, 0.2) is 134 Å². The standard InChI is InChI=1S/C36H22N2/c1-2-10-24-22-33-25(21-23(24)9-1)17-18-27-26(33)15-7-16-28(27)34-29-11-3-5-13-31(29)35(36-37-19-8-20-38-36)32-14-6-4-12-30(32)34/h1-22H. The van der Waals surface area contributed by atoms with Crippen LogP contribution < -0.4 is 0 Å². The monoisotopic (exact) mass is 482 g/mol. The number of benzene rings is 7. The van der Waals surface area contributed by atoms with E-state index in [0.717, 1.165) is 22.2 Å². The second-order valence-corrected chi connectivity index (χ2v) is 9.80. The molecule has 0 unspecified atom stereocenters. The fourth-order valence-electron chi connectivity index (χ4n) is 6.09. The van der Waals surface area contributed by atoms with Gasteiger partial charge in [0.2, 0.25) is 0 Å². The number of aromatic nitrogens is 2. The molecule has 0 amide bonds. The lowest BCUT2D eigenvalue weighted by Gasteiger charge is -2.18. The first-order valence-corrected chi connectivity index (χ1v) is 12.9. The lowest BCUT2D eigenvalue weighted by Crippen LogP contribution is -1.94. The third-order valence-electron chi connectivity index (χ3n) is 7.73. The van der Waals surface area contributed by atoms with Gasteiger partial charge in [-0.3, -0.25) is 0 Å². The first-order valence-electron chi connectivity index (χ1n) is 12.9. The first kappa shape index (κ1) is 21.0. The fraction of sp³-hybridized carbons (Fsp3) is 0. The summed E-state index contributed by atoms with van der Waals surface area (Å²) in [5.41, 5.74) is 3.57. The summed E-state index contributed by atoms with van der Waals surface area (Å²) in [4.78, 5) is 9.30. The molecule has 0 spiro atoms. The van der Waals surface area contributed by atoms with E-state index >= 15 is 0 Å². The molecule has 176 valence electrons. The highest BCUT2D eigenvalue weighted by molar-refractivity contribution is 6.24. The van der Waals surface area contributed by atoms with Gasteiger partial charge in [0.05, 0.1) is 0 Å². The molecule has 0 fully saturated rings. The van der Waals surface area contributed by atoms with Gasteiger partial charge >= 0.3 is 0 Å². The molecule has 0 saturated heterocycles. The first-order chi connectivity index (χ1) is 18.9. The minimum Gasteiger partial charge on any atom is -0.237 e. The number of hydrogen-bond donors (Lipinski definition) is 0. The summed E-state index contributed by atoms with van der Waals surface area (Å²) in [5, 5.41) is 12.4. The summed E-state index contributed by atoms with van der Waals surface area (Å²) < 4.78 is 0. The minimum atomic E-state index is 0.752. The predicted octanol–water partition coefficient (Wildman–Crippen LogP) is 9.58. The minimum absolute atomic E-state index is 0.752. The van der Waals surface area contributed by atoms with Gasteiger partial charge in [-0.1, -0.05) is 103 Å². The summed E-state index contributed by atoms with van der Waals surface area (Å²) in [6.45, 7) is 0. The van der Waals surface area contributed by atoms with Crippen molar-refractivity contribution in [2.24, 2.45) is 0 Å². The van der Waals surface area contributed by atoms with Crippen LogP contribution in [0.25, 0.3) is 76.4 Å². The van der Waals surface area contributed by atoms with Crippen molar-refractivity contribution in [2.75, 3.05) is 0 Å². The molecule has 2 heteroatoms. The van der Waals surface area contributed by atoms with Crippen molar-refractivity contribution < 1.29 is 0 Å². The Bertz CT molecular complexity index is 2120. The molecular formula is C36H22N2. The van der Waals surface area contributed by atoms with Crippen LogP contribution in [0.3, 0.4) is 0 Å². The molecule has 0 aliphatic rings. The molecule has 38 heavy (non-hydrogen) atoms. The van der Waals surface area contributed by atoms with Crippen LogP contribution in [0.4, 0.5) is 0 Å². The van der Waals surface area contributed by atoms with Gasteiger partial charge in [0, 0.05) is 18.0 Å². The smallest absolute Gasteiger partial charge is 0.160 e. The maximum absolute atomic E-state index is 4.65. The highest BCUT2D eigenvalue weighted by Crippen LogP contribution is 2.45. The molecule has 0 atom stereocenters. The zero-order valence-corrected chi connectivity index (χ0v) is 20.6. The SMILES string of the molecule is c1cnc(-c2c3ccccc3c(-c3cccc4c3ccc3cc5ccccc5cc34)c3ccccc23)nc1. The number of rotatable bonds is 2. The van der Waals surface area contributed by atoms with Crippen LogP contribution in [0.5, 0.6) is 0 Å². The Morgan fingerprint density at radius 1 is 0.342 bits per heavy atom.